The molecule has 1 saturated carbocycles. The number of H-pyrrole nitrogens is 1. The summed E-state index contributed by atoms with van der Waals surface area (Å²) >= 11 is 0. The van der Waals surface area contributed by atoms with Crippen LogP contribution in [0.15, 0.2) is 6.07 Å². The van der Waals surface area contributed by atoms with Gasteiger partial charge in [0.2, 0.25) is 0 Å². The maximum Gasteiger partial charge on any atom is 0.0153 e. The highest BCUT2D eigenvalue weighted by Crippen LogP contribution is 2.47. The average Bonchev–Trinajstić information content (AvgIpc) is 2.72. The van der Waals surface area contributed by atoms with Crippen LogP contribution in [0, 0.1) is 19.8 Å². The third-order valence-corrected chi connectivity index (χ3v) is 2.81. The largest absolute Gasteiger partial charge is 0.362 e. The summed E-state index contributed by atoms with van der Waals surface area (Å²) in [5.41, 5.74) is 9.69. The molecule has 2 heteroatoms. The highest BCUT2D eigenvalue weighted by atomic mass is 14.7. The zero-order chi connectivity index (χ0) is 8.72. The van der Waals surface area contributed by atoms with Crippen molar-refractivity contribution in [2.45, 2.75) is 26.2 Å². The molecule has 66 valence electrons. The van der Waals surface area contributed by atoms with E-state index in [4.69, 9.17) is 5.73 Å². The van der Waals surface area contributed by atoms with Crippen LogP contribution >= 0.6 is 0 Å². The second-order valence-corrected chi connectivity index (χ2v) is 3.87. The molecule has 2 nitrogen and oxygen atoms in total. The van der Waals surface area contributed by atoms with Crippen LogP contribution in [-0.4, -0.2) is 11.5 Å². The molecular weight excluding hydrogens is 148 g/mol. The van der Waals surface area contributed by atoms with Gasteiger partial charge in [-0.05, 0) is 50.3 Å². The number of rotatable bonds is 2. The van der Waals surface area contributed by atoms with E-state index in [0.29, 0.717) is 0 Å². The van der Waals surface area contributed by atoms with Gasteiger partial charge in [0.25, 0.3) is 0 Å². The van der Waals surface area contributed by atoms with Crippen molar-refractivity contribution in [1.29, 1.82) is 0 Å². The number of aromatic amines is 1. The van der Waals surface area contributed by atoms with Gasteiger partial charge in [-0.3, -0.25) is 0 Å². The topological polar surface area (TPSA) is 41.8 Å². The summed E-state index contributed by atoms with van der Waals surface area (Å²) < 4.78 is 0. The first-order valence-corrected chi connectivity index (χ1v) is 4.58. The Labute approximate surface area is 73.2 Å². The van der Waals surface area contributed by atoms with Crippen LogP contribution in [-0.2, 0) is 0 Å². The number of aryl methyl sites for hydroxylation is 2. The highest BCUT2D eigenvalue weighted by Gasteiger charge is 2.38. The molecular formula is C10H16N2. The lowest BCUT2D eigenvalue weighted by molar-refractivity contribution is 0.807. The van der Waals surface area contributed by atoms with Crippen LogP contribution in [0.1, 0.15) is 29.3 Å². The van der Waals surface area contributed by atoms with Gasteiger partial charge in [-0.2, -0.15) is 0 Å². The third kappa shape index (κ3) is 1.16. The molecule has 2 rings (SSSR count). The van der Waals surface area contributed by atoms with E-state index < -0.39 is 0 Å². The van der Waals surface area contributed by atoms with Gasteiger partial charge in [0.05, 0.1) is 0 Å². The summed E-state index contributed by atoms with van der Waals surface area (Å²) in [4.78, 5) is 3.33. The number of hydrogen-bond acceptors (Lipinski definition) is 1. The monoisotopic (exact) mass is 164 g/mol. The van der Waals surface area contributed by atoms with Gasteiger partial charge in [0.1, 0.15) is 0 Å². The molecule has 12 heavy (non-hydrogen) atoms. The summed E-state index contributed by atoms with van der Waals surface area (Å²) in [6, 6.07) is 2.26. The van der Waals surface area contributed by atoms with Crippen LogP contribution in [0.25, 0.3) is 0 Å². The van der Waals surface area contributed by atoms with Gasteiger partial charge in [-0.15, -0.1) is 0 Å². The fourth-order valence-electron chi connectivity index (χ4n) is 2.02. The van der Waals surface area contributed by atoms with Crippen molar-refractivity contribution in [2.75, 3.05) is 6.54 Å². The van der Waals surface area contributed by atoms with Crippen molar-refractivity contribution in [3.05, 3.63) is 23.0 Å². The van der Waals surface area contributed by atoms with E-state index in [9.17, 15) is 0 Å². The van der Waals surface area contributed by atoms with Crippen LogP contribution in [0.4, 0.5) is 0 Å². The van der Waals surface area contributed by atoms with E-state index in [2.05, 4.69) is 24.9 Å². The summed E-state index contributed by atoms with van der Waals surface area (Å²) in [5, 5.41) is 0. The molecule has 1 aromatic heterocycles. The minimum Gasteiger partial charge on any atom is -0.362 e. The average molecular weight is 164 g/mol. The zero-order valence-electron chi connectivity index (χ0n) is 7.72. The Morgan fingerprint density at radius 3 is 2.75 bits per heavy atom. The maximum atomic E-state index is 5.61. The lowest BCUT2D eigenvalue weighted by atomic mass is 10.1. The Hall–Kier alpha value is -0.760. The lowest BCUT2D eigenvalue weighted by Crippen LogP contribution is -2.01. The number of aromatic nitrogens is 1. The molecule has 1 fully saturated rings. The quantitative estimate of drug-likeness (QED) is 0.686. The smallest absolute Gasteiger partial charge is 0.0153 e. The Bertz CT molecular complexity index is 288. The second kappa shape index (κ2) is 2.63. The molecule has 0 aromatic carbocycles. The SMILES string of the molecule is Cc1cc(C2CC2CN)c(C)[nH]1. The Kier molecular flexibility index (Phi) is 1.72. The molecule has 0 spiro atoms. The molecule has 0 amide bonds. The van der Waals surface area contributed by atoms with Crippen molar-refractivity contribution in [3.8, 4) is 0 Å². The fourth-order valence-corrected chi connectivity index (χ4v) is 2.02. The standard InChI is InChI=1S/C10H16N2/c1-6-3-9(7(2)12-6)10-4-8(10)5-11/h3,8,10,12H,4-5,11H2,1-2H3. The Morgan fingerprint density at radius 2 is 2.33 bits per heavy atom. The minimum absolute atomic E-state index is 0.749. The molecule has 1 aliphatic carbocycles. The number of nitrogens with one attached hydrogen (secondary N) is 1. The van der Waals surface area contributed by atoms with E-state index >= 15 is 0 Å². The highest BCUT2D eigenvalue weighted by molar-refractivity contribution is 5.32. The van der Waals surface area contributed by atoms with Crippen LogP contribution in [0.3, 0.4) is 0 Å². The predicted molar refractivity (Wildman–Crippen MR) is 50.2 cm³/mol. The molecule has 0 radical (unpaired) electrons. The van der Waals surface area contributed by atoms with Gasteiger partial charge in [0.15, 0.2) is 0 Å². The van der Waals surface area contributed by atoms with E-state index in [0.717, 1.165) is 18.4 Å². The molecule has 2 atom stereocenters. The zero-order valence-corrected chi connectivity index (χ0v) is 7.72. The van der Waals surface area contributed by atoms with E-state index in [1.165, 1.54) is 23.4 Å². The summed E-state index contributed by atoms with van der Waals surface area (Å²) in [6.07, 6.45) is 1.29. The normalized spacial score (nSPS) is 27.6. The fraction of sp³-hybridized carbons (Fsp3) is 0.600. The van der Waals surface area contributed by atoms with Crippen LogP contribution in [0.2, 0.25) is 0 Å². The summed E-state index contributed by atoms with van der Waals surface area (Å²) in [6.45, 7) is 5.10. The van der Waals surface area contributed by atoms with Gasteiger partial charge in [0, 0.05) is 11.4 Å². The third-order valence-electron chi connectivity index (χ3n) is 2.81. The van der Waals surface area contributed by atoms with Crippen molar-refractivity contribution >= 4 is 0 Å². The number of hydrogen-bond donors (Lipinski definition) is 2. The first-order chi connectivity index (χ1) is 5.72. The lowest BCUT2D eigenvalue weighted by Gasteiger charge is -1.95. The molecule has 0 bridgehead atoms. The first-order valence-electron chi connectivity index (χ1n) is 4.58. The van der Waals surface area contributed by atoms with E-state index in [-0.39, 0.29) is 0 Å². The Morgan fingerprint density at radius 1 is 1.58 bits per heavy atom. The van der Waals surface area contributed by atoms with Crippen molar-refractivity contribution < 1.29 is 0 Å². The number of nitrogens with two attached hydrogens (primary N) is 1. The van der Waals surface area contributed by atoms with Crippen molar-refractivity contribution in [3.63, 3.8) is 0 Å². The molecule has 3 N–H and O–H groups in total. The molecule has 0 saturated heterocycles. The molecule has 1 aromatic rings. The Balaban J connectivity index is 2.19. The van der Waals surface area contributed by atoms with Gasteiger partial charge < -0.3 is 10.7 Å². The van der Waals surface area contributed by atoms with Crippen molar-refractivity contribution in [1.82, 2.24) is 4.98 Å². The van der Waals surface area contributed by atoms with E-state index in [1.54, 1.807) is 0 Å². The minimum atomic E-state index is 0.749. The molecule has 0 aliphatic heterocycles. The van der Waals surface area contributed by atoms with Crippen LogP contribution in [0.5, 0.6) is 0 Å². The second-order valence-electron chi connectivity index (χ2n) is 3.87. The first kappa shape index (κ1) is 7.87. The molecule has 1 aliphatic rings. The molecule has 1 heterocycles. The maximum absolute atomic E-state index is 5.61. The van der Waals surface area contributed by atoms with Gasteiger partial charge >= 0.3 is 0 Å². The van der Waals surface area contributed by atoms with Crippen molar-refractivity contribution in [2.24, 2.45) is 11.7 Å². The summed E-state index contributed by atoms with van der Waals surface area (Å²) in [5.74, 6) is 1.50. The molecule has 2 unspecified atom stereocenters. The van der Waals surface area contributed by atoms with Gasteiger partial charge in [-0.1, -0.05) is 0 Å². The predicted octanol–water partition coefficient (Wildman–Crippen LogP) is 1.69. The summed E-state index contributed by atoms with van der Waals surface area (Å²) in [7, 11) is 0. The van der Waals surface area contributed by atoms with Gasteiger partial charge in [-0.25, -0.2) is 0 Å². The van der Waals surface area contributed by atoms with E-state index in [1.807, 2.05) is 0 Å². The van der Waals surface area contributed by atoms with Crippen LogP contribution < -0.4 is 5.73 Å².